The Morgan fingerprint density at radius 2 is 1.67 bits per heavy atom. The molecule has 2 aromatic carbocycles. The third kappa shape index (κ3) is 6.51. The second-order valence-corrected chi connectivity index (χ2v) is 6.94. The standard InChI is InChI=1S/C22H29NO4/c1-15(2)20-11-6-16(3)12-21(20)27-14-22(24)23-17(4)13-26-19-9-7-18(25-5)8-10-19/h6-12,15,17H,13-14H2,1-5H3,(H,23,24). The van der Waals surface area contributed by atoms with Gasteiger partial charge in [0.1, 0.15) is 23.9 Å². The Morgan fingerprint density at radius 1 is 1.00 bits per heavy atom. The fourth-order valence-electron chi connectivity index (χ4n) is 2.64. The lowest BCUT2D eigenvalue weighted by atomic mass is 10.0. The Hall–Kier alpha value is -2.69. The van der Waals surface area contributed by atoms with Crippen molar-refractivity contribution in [2.24, 2.45) is 0 Å². The molecule has 2 rings (SSSR count). The summed E-state index contributed by atoms with van der Waals surface area (Å²) in [5, 5.41) is 2.89. The van der Waals surface area contributed by atoms with Crippen LogP contribution in [0.5, 0.6) is 17.2 Å². The number of carbonyl (C=O) groups excluding carboxylic acids is 1. The first-order valence-corrected chi connectivity index (χ1v) is 9.18. The van der Waals surface area contributed by atoms with Gasteiger partial charge < -0.3 is 19.5 Å². The van der Waals surface area contributed by atoms with Gasteiger partial charge in [-0.25, -0.2) is 0 Å². The van der Waals surface area contributed by atoms with E-state index in [1.165, 1.54) is 0 Å². The van der Waals surface area contributed by atoms with Gasteiger partial charge in [-0.05, 0) is 61.2 Å². The summed E-state index contributed by atoms with van der Waals surface area (Å²) in [6.45, 7) is 8.48. The number of aryl methyl sites for hydroxylation is 1. The molecule has 0 spiro atoms. The van der Waals surface area contributed by atoms with Crippen LogP contribution in [0.2, 0.25) is 0 Å². The zero-order chi connectivity index (χ0) is 19.8. The maximum atomic E-state index is 12.2. The number of amides is 1. The molecule has 5 nitrogen and oxygen atoms in total. The van der Waals surface area contributed by atoms with Crippen molar-refractivity contribution in [3.05, 3.63) is 53.6 Å². The first kappa shape index (κ1) is 20.6. The predicted octanol–water partition coefficient (Wildman–Crippen LogP) is 4.09. The number of benzene rings is 2. The first-order valence-electron chi connectivity index (χ1n) is 9.18. The minimum atomic E-state index is -0.169. The summed E-state index contributed by atoms with van der Waals surface area (Å²) in [5.74, 6) is 2.44. The number of ether oxygens (including phenoxy) is 3. The molecule has 2 aromatic rings. The van der Waals surface area contributed by atoms with Crippen LogP contribution in [0.25, 0.3) is 0 Å². The zero-order valence-corrected chi connectivity index (χ0v) is 16.7. The summed E-state index contributed by atoms with van der Waals surface area (Å²) in [7, 11) is 1.62. The van der Waals surface area contributed by atoms with Gasteiger partial charge in [0.15, 0.2) is 6.61 Å². The van der Waals surface area contributed by atoms with Gasteiger partial charge in [-0.2, -0.15) is 0 Å². The lowest BCUT2D eigenvalue weighted by molar-refractivity contribution is -0.123. The third-order valence-corrected chi connectivity index (χ3v) is 4.12. The molecule has 5 heteroatoms. The first-order chi connectivity index (χ1) is 12.9. The Morgan fingerprint density at radius 3 is 2.30 bits per heavy atom. The number of methoxy groups -OCH3 is 1. The van der Waals surface area contributed by atoms with Crippen molar-refractivity contribution in [3.63, 3.8) is 0 Å². The smallest absolute Gasteiger partial charge is 0.258 e. The Balaban J connectivity index is 1.80. The molecular weight excluding hydrogens is 342 g/mol. The maximum absolute atomic E-state index is 12.2. The summed E-state index contributed by atoms with van der Waals surface area (Å²) >= 11 is 0. The highest BCUT2D eigenvalue weighted by atomic mass is 16.5. The molecule has 0 bridgehead atoms. The van der Waals surface area contributed by atoms with Crippen molar-refractivity contribution in [1.82, 2.24) is 5.32 Å². The van der Waals surface area contributed by atoms with Crippen molar-refractivity contribution in [2.75, 3.05) is 20.3 Å². The van der Waals surface area contributed by atoms with E-state index in [9.17, 15) is 4.79 Å². The number of carbonyl (C=O) groups is 1. The average molecular weight is 371 g/mol. The van der Waals surface area contributed by atoms with Crippen LogP contribution in [0, 0.1) is 6.92 Å². The minimum Gasteiger partial charge on any atom is -0.497 e. The maximum Gasteiger partial charge on any atom is 0.258 e. The molecule has 0 saturated carbocycles. The van der Waals surface area contributed by atoms with E-state index in [1.807, 2.05) is 44.2 Å². The monoisotopic (exact) mass is 371 g/mol. The molecule has 0 fully saturated rings. The number of hydrogen-bond donors (Lipinski definition) is 1. The van der Waals surface area contributed by atoms with E-state index >= 15 is 0 Å². The minimum absolute atomic E-state index is 0.0178. The van der Waals surface area contributed by atoms with Gasteiger partial charge >= 0.3 is 0 Å². The molecule has 146 valence electrons. The average Bonchev–Trinajstić information content (AvgIpc) is 2.65. The fraction of sp³-hybridized carbons (Fsp3) is 0.409. The van der Waals surface area contributed by atoms with Gasteiger partial charge in [-0.3, -0.25) is 4.79 Å². The van der Waals surface area contributed by atoms with Crippen LogP contribution < -0.4 is 19.5 Å². The van der Waals surface area contributed by atoms with Crippen molar-refractivity contribution >= 4 is 5.91 Å². The van der Waals surface area contributed by atoms with Gasteiger partial charge in [-0.15, -0.1) is 0 Å². The molecule has 0 radical (unpaired) electrons. The molecule has 0 aromatic heterocycles. The summed E-state index contributed by atoms with van der Waals surface area (Å²) in [5.41, 5.74) is 2.21. The van der Waals surface area contributed by atoms with Gasteiger partial charge in [0.2, 0.25) is 0 Å². The van der Waals surface area contributed by atoms with Gasteiger partial charge in [0.05, 0.1) is 13.2 Å². The molecule has 0 heterocycles. The van der Waals surface area contributed by atoms with Crippen LogP contribution in [0.4, 0.5) is 0 Å². The summed E-state index contributed by atoms with van der Waals surface area (Å²) < 4.78 is 16.6. The molecule has 0 aliphatic heterocycles. The summed E-state index contributed by atoms with van der Waals surface area (Å²) in [6, 6.07) is 13.3. The second kappa shape index (κ2) is 9.86. The number of hydrogen-bond acceptors (Lipinski definition) is 4. The largest absolute Gasteiger partial charge is 0.497 e. The number of rotatable bonds is 9. The molecule has 1 unspecified atom stereocenters. The van der Waals surface area contributed by atoms with Crippen LogP contribution in [0.1, 0.15) is 37.8 Å². The number of nitrogens with one attached hydrogen (secondary N) is 1. The van der Waals surface area contributed by atoms with Gasteiger partial charge in [-0.1, -0.05) is 26.0 Å². The van der Waals surface area contributed by atoms with Crippen LogP contribution in [0.3, 0.4) is 0 Å². The van der Waals surface area contributed by atoms with Crippen molar-refractivity contribution in [2.45, 2.75) is 39.7 Å². The highest BCUT2D eigenvalue weighted by molar-refractivity contribution is 5.77. The highest BCUT2D eigenvalue weighted by Gasteiger charge is 2.12. The lowest BCUT2D eigenvalue weighted by Gasteiger charge is -2.17. The van der Waals surface area contributed by atoms with Crippen molar-refractivity contribution in [3.8, 4) is 17.2 Å². The van der Waals surface area contributed by atoms with Crippen LogP contribution in [0.15, 0.2) is 42.5 Å². The van der Waals surface area contributed by atoms with Gasteiger partial charge in [0, 0.05) is 0 Å². The molecular formula is C22H29NO4. The van der Waals surface area contributed by atoms with Crippen molar-refractivity contribution < 1.29 is 19.0 Å². The second-order valence-electron chi connectivity index (χ2n) is 6.94. The van der Waals surface area contributed by atoms with Gasteiger partial charge in [0.25, 0.3) is 5.91 Å². The molecule has 1 atom stereocenters. The Kier molecular flexibility index (Phi) is 7.53. The van der Waals surface area contributed by atoms with E-state index in [2.05, 4.69) is 31.3 Å². The predicted molar refractivity (Wildman–Crippen MR) is 107 cm³/mol. The van der Waals surface area contributed by atoms with Crippen molar-refractivity contribution in [1.29, 1.82) is 0 Å². The molecule has 0 saturated heterocycles. The van der Waals surface area contributed by atoms with E-state index in [1.54, 1.807) is 7.11 Å². The van der Waals surface area contributed by atoms with Crippen LogP contribution in [-0.4, -0.2) is 32.3 Å². The molecule has 0 aliphatic rings. The van der Waals surface area contributed by atoms with Crippen LogP contribution in [-0.2, 0) is 4.79 Å². The van der Waals surface area contributed by atoms with E-state index < -0.39 is 0 Å². The topological polar surface area (TPSA) is 56.8 Å². The molecule has 27 heavy (non-hydrogen) atoms. The Bertz CT molecular complexity index is 740. The molecule has 1 amide bonds. The van der Waals surface area contributed by atoms with Crippen LogP contribution >= 0.6 is 0 Å². The summed E-state index contributed by atoms with van der Waals surface area (Å²) in [4.78, 5) is 12.2. The molecule has 1 N–H and O–H groups in total. The zero-order valence-electron chi connectivity index (χ0n) is 16.7. The third-order valence-electron chi connectivity index (χ3n) is 4.12. The SMILES string of the molecule is COc1ccc(OCC(C)NC(=O)COc2cc(C)ccc2C(C)C)cc1. The van der Waals surface area contributed by atoms with E-state index in [0.29, 0.717) is 12.5 Å². The normalized spacial score (nSPS) is 11.8. The fourth-order valence-corrected chi connectivity index (χ4v) is 2.64. The molecule has 0 aliphatic carbocycles. The highest BCUT2D eigenvalue weighted by Crippen LogP contribution is 2.27. The lowest BCUT2D eigenvalue weighted by Crippen LogP contribution is -2.39. The van der Waals surface area contributed by atoms with E-state index in [-0.39, 0.29) is 18.6 Å². The van der Waals surface area contributed by atoms with E-state index in [0.717, 1.165) is 28.4 Å². The Labute approximate surface area is 161 Å². The summed E-state index contributed by atoms with van der Waals surface area (Å²) in [6.07, 6.45) is 0. The van der Waals surface area contributed by atoms with E-state index in [4.69, 9.17) is 14.2 Å². The quantitative estimate of drug-likeness (QED) is 0.721.